The van der Waals surface area contributed by atoms with Crippen molar-refractivity contribution in [2.24, 2.45) is 0 Å². The minimum Gasteiger partial charge on any atom is -0.388 e. The van der Waals surface area contributed by atoms with E-state index in [9.17, 15) is 9.50 Å². The molecule has 7 heteroatoms. The third-order valence-electron chi connectivity index (χ3n) is 4.32. The lowest BCUT2D eigenvalue weighted by molar-refractivity contribution is -0.0202. The number of rotatable bonds is 4. The molecule has 0 unspecified atom stereocenters. The van der Waals surface area contributed by atoms with E-state index >= 15 is 0 Å². The Labute approximate surface area is 132 Å². The molecular formula is C16H16FN5O. The second-order valence-electron chi connectivity index (χ2n) is 5.90. The highest BCUT2D eigenvalue weighted by molar-refractivity contribution is 5.87. The summed E-state index contributed by atoms with van der Waals surface area (Å²) >= 11 is 0. The summed E-state index contributed by atoms with van der Waals surface area (Å²) in [5, 5.41) is 18.3. The smallest absolute Gasteiger partial charge is 0.168 e. The SMILES string of the molecule is OC1(CNc2ncnc3c2cnn3-c2ccccc2F)CCC1. The average molecular weight is 313 g/mol. The number of anilines is 1. The standard InChI is InChI=1S/C16H16FN5O/c17-12-4-1-2-5-13(12)22-15-11(8-21-22)14(19-10-20-15)18-9-16(23)6-3-7-16/h1-2,4-5,8,10,23H,3,6-7,9H2,(H,18,19,20). The lowest BCUT2D eigenvalue weighted by atomic mass is 9.80. The fourth-order valence-corrected chi connectivity index (χ4v) is 2.79. The molecule has 1 aliphatic rings. The van der Waals surface area contributed by atoms with Gasteiger partial charge in [0.15, 0.2) is 5.65 Å². The number of nitrogens with zero attached hydrogens (tertiary/aromatic N) is 4. The van der Waals surface area contributed by atoms with E-state index in [1.807, 2.05) is 0 Å². The number of hydrogen-bond donors (Lipinski definition) is 2. The summed E-state index contributed by atoms with van der Waals surface area (Å²) in [6.45, 7) is 0.435. The Balaban J connectivity index is 1.70. The van der Waals surface area contributed by atoms with Crippen molar-refractivity contribution < 1.29 is 9.50 Å². The van der Waals surface area contributed by atoms with Gasteiger partial charge in [-0.1, -0.05) is 12.1 Å². The van der Waals surface area contributed by atoms with Crippen molar-refractivity contribution >= 4 is 16.9 Å². The van der Waals surface area contributed by atoms with E-state index in [0.717, 1.165) is 19.3 Å². The number of aromatic nitrogens is 4. The van der Waals surface area contributed by atoms with Gasteiger partial charge >= 0.3 is 0 Å². The summed E-state index contributed by atoms with van der Waals surface area (Å²) in [4.78, 5) is 8.44. The van der Waals surface area contributed by atoms with Gasteiger partial charge in [0.2, 0.25) is 0 Å². The van der Waals surface area contributed by atoms with Gasteiger partial charge < -0.3 is 10.4 Å². The van der Waals surface area contributed by atoms with Gasteiger partial charge in [-0.25, -0.2) is 19.0 Å². The van der Waals surface area contributed by atoms with E-state index in [4.69, 9.17) is 0 Å². The molecule has 4 rings (SSSR count). The van der Waals surface area contributed by atoms with Crippen LogP contribution in [0.1, 0.15) is 19.3 Å². The molecule has 1 aromatic carbocycles. The highest BCUT2D eigenvalue weighted by Gasteiger charge is 2.34. The Morgan fingerprint density at radius 1 is 1.26 bits per heavy atom. The summed E-state index contributed by atoms with van der Waals surface area (Å²) in [7, 11) is 0. The maximum Gasteiger partial charge on any atom is 0.168 e. The summed E-state index contributed by atoms with van der Waals surface area (Å²) < 4.78 is 15.4. The molecular weight excluding hydrogens is 297 g/mol. The Morgan fingerprint density at radius 3 is 2.83 bits per heavy atom. The third-order valence-corrected chi connectivity index (χ3v) is 4.32. The van der Waals surface area contributed by atoms with Crippen LogP contribution in [0.4, 0.5) is 10.2 Å². The Hall–Kier alpha value is -2.54. The molecule has 1 aliphatic carbocycles. The molecule has 3 aromatic rings. The molecule has 2 aromatic heterocycles. The van der Waals surface area contributed by atoms with E-state index in [0.29, 0.717) is 29.1 Å². The first-order chi connectivity index (χ1) is 11.2. The molecule has 0 bridgehead atoms. The molecule has 23 heavy (non-hydrogen) atoms. The van der Waals surface area contributed by atoms with Crippen molar-refractivity contribution in [1.29, 1.82) is 0 Å². The number of hydrogen-bond acceptors (Lipinski definition) is 5. The van der Waals surface area contributed by atoms with Gasteiger partial charge in [0, 0.05) is 6.54 Å². The highest BCUT2D eigenvalue weighted by atomic mass is 19.1. The van der Waals surface area contributed by atoms with Gasteiger partial charge in [0.05, 0.1) is 17.2 Å². The molecule has 0 amide bonds. The van der Waals surface area contributed by atoms with Crippen LogP contribution in [0.15, 0.2) is 36.8 Å². The summed E-state index contributed by atoms with van der Waals surface area (Å²) in [5.41, 5.74) is 0.205. The second kappa shape index (κ2) is 5.27. The van der Waals surface area contributed by atoms with Gasteiger partial charge in [0.25, 0.3) is 0 Å². The molecule has 6 nitrogen and oxygen atoms in total. The molecule has 2 heterocycles. The first kappa shape index (κ1) is 14.1. The van der Waals surface area contributed by atoms with Gasteiger partial charge in [0.1, 0.15) is 23.6 Å². The first-order valence-corrected chi connectivity index (χ1v) is 7.56. The number of fused-ring (bicyclic) bond motifs is 1. The normalized spacial score (nSPS) is 16.3. The zero-order valence-electron chi connectivity index (χ0n) is 12.4. The number of para-hydroxylation sites is 1. The van der Waals surface area contributed by atoms with E-state index in [1.54, 1.807) is 24.4 Å². The largest absolute Gasteiger partial charge is 0.388 e. The zero-order chi connectivity index (χ0) is 15.9. The van der Waals surface area contributed by atoms with E-state index in [-0.39, 0.29) is 5.82 Å². The minimum absolute atomic E-state index is 0.338. The quantitative estimate of drug-likeness (QED) is 0.773. The second-order valence-corrected chi connectivity index (χ2v) is 5.90. The van der Waals surface area contributed by atoms with Crippen molar-refractivity contribution in [3.63, 3.8) is 0 Å². The lowest BCUT2D eigenvalue weighted by Crippen LogP contribution is -2.43. The van der Waals surface area contributed by atoms with Crippen molar-refractivity contribution in [2.45, 2.75) is 24.9 Å². The van der Waals surface area contributed by atoms with Crippen LogP contribution in [0.25, 0.3) is 16.7 Å². The first-order valence-electron chi connectivity index (χ1n) is 7.56. The van der Waals surface area contributed by atoms with Gasteiger partial charge in [-0.05, 0) is 31.4 Å². The summed E-state index contributed by atoms with van der Waals surface area (Å²) in [5.74, 6) is 0.229. The highest BCUT2D eigenvalue weighted by Crippen LogP contribution is 2.32. The molecule has 2 N–H and O–H groups in total. The van der Waals surface area contributed by atoms with E-state index < -0.39 is 5.60 Å². The number of halogens is 1. The maximum absolute atomic E-state index is 14.0. The zero-order valence-corrected chi connectivity index (χ0v) is 12.4. The van der Waals surface area contributed by atoms with Crippen LogP contribution in [0.3, 0.4) is 0 Å². The van der Waals surface area contributed by atoms with Crippen molar-refractivity contribution in [3.8, 4) is 5.69 Å². The van der Waals surface area contributed by atoms with Gasteiger partial charge in [-0.15, -0.1) is 0 Å². The molecule has 0 saturated heterocycles. The molecule has 0 radical (unpaired) electrons. The number of nitrogens with one attached hydrogen (secondary N) is 1. The summed E-state index contributed by atoms with van der Waals surface area (Å²) in [6.07, 6.45) is 5.65. The molecule has 1 saturated carbocycles. The molecule has 118 valence electrons. The Kier molecular flexibility index (Phi) is 3.23. The van der Waals surface area contributed by atoms with Crippen LogP contribution in [-0.2, 0) is 0 Å². The van der Waals surface area contributed by atoms with Crippen LogP contribution in [-0.4, -0.2) is 37.0 Å². The summed E-state index contributed by atoms with van der Waals surface area (Å²) in [6, 6.07) is 6.41. The predicted octanol–water partition coefficient (Wildman–Crippen LogP) is 2.28. The van der Waals surface area contributed by atoms with Crippen molar-refractivity contribution in [1.82, 2.24) is 19.7 Å². The number of aliphatic hydroxyl groups is 1. The molecule has 0 aliphatic heterocycles. The van der Waals surface area contributed by atoms with Crippen LogP contribution >= 0.6 is 0 Å². The van der Waals surface area contributed by atoms with Gasteiger partial charge in [-0.2, -0.15) is 5.10 Å². The molecule has 0 atom stereocenters. The molecule has 0 spiro atoms. The lowest BCUT2D eigenvalue weighted by Gasteiger charge is -2.36. The molecule has 1 fully saturated rings. The van der Waals surface area contributed by atoms with E-state index in [2.05, 4.69) is 20.4 Å². The van der Waals surface area contributed by atoms with Crippen LogP contribution in [0, 0.1) is 5.82 Å². The van der Waals surface area contributed by atoms with Crippen molar-refractivity contribution in [3.05, 3.63) is 42.6 Å². The Morgan fingerprint density at radius 2 is 2.09 bits per heavy atom. The van der Waals surface area contributed by atoms with Crippen molar-refractivity contribution in [2.75, 3.05) is 11.9 Å². The Bertz CT molecular complexity index is 859. The van der Waals surface area contributed by atoms with Crippen LogP contribution in [0.5, 0.6) is 0 Å². The van der Waals surface area contributed by atoms with Crippen LogP contribution in [0.2, 0.25) is 0 Å². The van der Waals surface area contributed by atoms with E-state index in [1.165, 1.54) is 17.1 Å². The third kappa shape index (κ3) is 2.43. The van der Waals surface area contributed by atoms with Crippen LogP contribution < -0.4 is 5.32 Å². The topological polar surface area (TPSA) is 75.9 Å². The maximum atomic E-state index is 14.0. The average Bonchev–Trinajstić information content (AvgIpc) is 2.96. The predicted molar refractivity (Wildman–Crippen MR) is 83.9 cm³/mol. The fourth-order valence-electron chi connectivity index (χ4n) is 2.79. The monoisotopic (exact) mass is 313 g/mol. The minimum atomic E-state index is -0.654. The number of benzene rings is 1. The fraction of sp³-hybridized carbons (Fsp3) is 0.312. The van der Waals surface area contributed by atoms with Gasteiger partial charge in [-0.3, -0.25) is 0 Å².